The zero-order valence-electron chi connectivity index (χ0n) is 19.5. The van der Waals surface area contributed by atoms with Crippen molar-refractivity contribution in [3.63, 3.8) is 0 Å². The first-order chi connectivity index (χ1) is 14.9. The van der Waals surface area contributed by atoms with Crippen molar-refractivity contribution in [3.8, 4) is 11.6 Å². The molecule has 0 aliphatic rings. The summed E-state index contributed by atoms with van der Waals surface area (Å²) in [6, 6.07) is 12.4. The van der Waals surface area contributed by atoms with Crippen molar-refractivity contribution >= 4 is 17.9 Å². The summed E-state index contributed by atoms with van der Waals surface area (Å²) >= 11 is 0. The van der Waals surface area contributed by atoms with Crippen LogP contribution in [0.4, 0.5) is 16.6 Å². The number of carbonyl (C=O) groups excluding carboxylic acids is 1. The van der Waals surface area contributed by atoms with Crippen LogP contribution in [0.25, 0.3) is 5.82 Å². The SMILES string of the molecule is CN(CC(C)(C)N)c1nccc(-n2nc(C(C)(C)C)cc2NC(=O)Oc2ccccc2)n1. The molecule has 32 heavy (non-hydrogen) atoms. The second-order valence-corrected chi connectivity index (χ2v) is 9.46. The van der Waals surface area contributed by atoms with Gasteiger partial charge in [0.25, 0.3) is 0 Å². The monoisotopic (exact) mass is 437 g/mol. The zero-order valence-corrected chi connectivity index (χ0v) is 19.5. The third kappa shape index (κ3) is 6.04. The lowest BCUT2D eigenvalue weighted by Gasteiger charge is -2.26. The van der Waals surface area contributed by atoms with Gasteiger partial charge in [-0.05, 0) is 26.0 Å². The molecule has 0 spiro atoms. The van der Waals surface area contributed by atoms with Gasteiger partial charge in [-0.25, -0.2) is 9.78 Å². The number of hydrogen-bond donors (Lipinski definition) is 2. The highest BCUT2D eigenvalue weighted by Crippen LogP contribution is 2.26. The first-order valence-corrected chi connectivity index (χ1v) is 10.4. The van der Waals surface area contributed by atoms with Crippen LogP contribution in [0.2, 0.25) is 0 Å². The van der Waals surface area contributed by atoms with E-state index in [1.807, 2.05) is 58.7 Å². The normalized spacial score (nSPS) is 11.8. The van der Waals surface area contributed by atoms with E-state index in [1.165, 1.54) is 0 Å². The van der Waals surface area contributed by atoms with Crippen molar-refractivity contribution in [2.45, 2.75) is 45.6 Å². The number of carbonyl (C=O) groups is 1. The van der Waals surface area contributed by atoms with Crippen molar-refractivity contribution < 1.29 is 9.53 Å². The number of amides is 1. The minimum Gasteiger partial charge on any atom is -0.410 e. The van der Waals surface area contributed by atoms with Crippen LogP contribution >= 0.6 is 0 Å². The number of rotatable bonds is 6. The van der Waals surface area contributed by atoms with Gasteiger partial charge in [0.15, 0.2) is 5.82 Å². The molecule has 3 N–H and O–H groups in total. The summed E-state index contributed by atoms with van der Waals surface area (Å²) in [4.78, 5) is 23.4. The molecule has 2 heterocycles. The average Bonchev–Trinajstić information content (AvgIpc) is 3.11. The molecule has 3 rings (SSSR count). The molecule has 0 saturated heterocycles. The molecule has 3 aromatic rings. The Bertz CT molecular complexity index is 1070. The largest absolute Gasteiger partial charge is 0.418 e. The van der Waals surface area contributed by atoms with E-state index in [4.69, 9.17) is 15.6 Å². The summed E-state index contributed by atoms with van der Waals surface area (Å²) in [6.07, 6.45) is 1.04. The molecule has 0 radical (unpaired) electrons. The highest BCUT2D eigenvalue weighted by Gasteiger charge is 2.23. The summed E-state index contributed by atoms with van der Waals surface area (Å²) < 4.78 is 6.96. The molecular weight excluding hydrogens is 406 g/mol. The number of nitrogens with two attached hydrogens (primary N) is 1. The molecular formula is C23H31N7O2. The molecule has 0 saturated carbocycles. The average molecular weight is 438 g/mol. The number of benzene rings is 1. The van der Waals surface area contributed by atoms with Crippen molar-refractivity contribution in [1.29, 1.82) is 0 Å². The summed E-state index contributed by atoms with van der Waals surface area (Å²) in [5, 5.41) is 7.48. The molecule has 0 atom stereocenters. The van der Waals surface area contributed by atoms with E-state index in [9.17, 15) is 4.79 Å². The lowest BCUT2D eigenvalue weighted by atomic mass is 9.92. The maximum absolute atomic E-state index is 12.5. The Morgan fingerprint density at radius 3 is 2.47 bits per heavy atom. The van der Waals surface area contributed by atoms with E-state index >= 15 is 0 Å². The van der Waals surface area contributed by atoms with E-state index in [0.717, 1.165) is 5.69 Å². The molecule has 9 nitrogen and oxygen atoms in total. The van der Waals surface area contributed by atoms with Gasteiger partial charge in [-0.2, -0.15) is 14.8 Å². The molecule has 1 amide bonds. The van der Waals surface area contributed by atoms with Crippen LogP contribution < -0.4 is 20.7 Å². The quantitative estimate of drug-likeness (QED) is 0.604. The Hall–Kier alpha value is -3.46. The van der Waals surface area contributed by atoms with Crippen LogP contribution in [0.5, 0.6) is 5.75 Å². The Morgan fingerprint density at radius 1 is 1.16 bits per heavy atom. The topological polar surface area (TPSA) is 111 Å². The standard InChI is InChI=1S/C23H31N7O2/c1-22(2,3)17-14-19(27-21(31)32-16-10-8-7-9-11-16)30(28-17)18-12-13-25-20(26-18)29(6)15-23(4,5)24/h7-14H,15,24H2,1-6H3,(H,27,31). The van der Waals surface area contributed by atoms with Gasteiger partial charge < -0.3 is 15.4 Å². The third-order valence-corrected chi connectivity index (χ3v) is 4.49. The first-order valence-electron chi connectivity index (χ1n) is 10.4. The number of anilines is 2. The van der Waals surface area contributed by atoms with Crippen molar-refractivity contribution in [2.75, 3.05) is 23.8 Å². The van der Waals surface area contributed by atoms with Gasteiger partial charge in [0.2, 0.25) is 5.95 Å². The van der Waals surface area contributed by atoms with Crippen LogP contribution in [0.15, 0.2) is 48.7 Å². The fourth-order valence-corrected chi connectivity index (χ4v) is 3.06. The lowest BCUT2D eigenvalue weighted by molar-refractivity contribution is 0.215. The highest BCUT2D eigenvalue weighted by molar-refractivity contribution is 5.85. The molecule has 0 unspecified atom stereocenters. The summed E-state index contributed by atoms with van der Waals surface area (Å²) in [7, 11) is 1.88. The van der Waals surface area contributed by atoms with Crippen molar-refractivity contribution in [2.24, 2.45) is 5.73 Å². The maximum Gasteiger partial charge on any atom is 0.418 e. The number of nitrogens with zero attached hydrogens (tertiary/aromatic N) is 5. The minimum atomic E-state index is -0.617. The molecule has 9 heteroatoms. The smallest absolute Gasteiger partial charge is 0.410 e. The highest BCUT2D eigenvalue weighted by atomic mass is 16.6. The molecule has 0 bridgehead atoms. The molecule has 0 aliphatic carbocycles. The number of likely N-dealkylation sites (N-methyl/N-ethyl adjacent to an activating group) is 1. The van der Waals surface area contributed by atoms with E-state index in [1.54, 1.807) is 41.2 Å². The van der Waals surface area contributed by atoms with Gasteiger partial charge in [-0.1, -0.05) is 39.0 Å². The molecule has 2 aromatic heterocycles. The van der Waals surface area contributed by atoms with Crippen molar-refractivity contribution in [3.05, 3.63) is 54.4 Å². The molecule has 0 aliphatic heterocycles. The van der Waals surface area contributed by atoms with Crippen LogP contribution in [-0.4, -0.2) is 45.0 Å². The van der Waals surface area contributed by atoms with Crippen LogP contribution in [0, 0.1) is 0 Å². The van der Waals surface area contributed by atoms with Crippen molar-refractivity contribution in [1.82, 2.24) is 19.7 Å². The second kappa shape index (κ2) is 8.96. The number of para-hydroxylation sites is 1. The molecule has 1 aromatic carbocycles. The van der Waals surface area contributed by atoms with E-state index in [-0.39, 0.29) is 5.41 Å². The zero-order chi connectivity index (χ0) is 23.5. The third-order valence-electron chi connectivity index (χ3n) is 4.49. The lowest BCUT2D eigenvalue weighted by Crippen LogP contribution is -2.44. The van der Waals surface area contributed by atoms with Gasteiger partial charge in [0.05, 0.1) is 5.69 Å². The predicted molar refractivity (Wildman–Crippen MR) is 125 cm³/mol. The van der Waals surface area contributed by atoms with Gasteiger partial charge >= 0.3 is 6.09 Å². The van der Waals surface area contributed by atoms with E-state index in [0.29, 0.717) is 29.9 Å². The Labute approximate surface area is 188 Å². The second-order valence-electron chi connectivity index (χ2n) is 9.46. The fourth-order valence-electron chi connectivity index (χ4n) is 3.06. The maximum atomic E-state index is 12.5. The summed E-state index contributed by atoms with van der Waals surface area (Å²) in [5.74, 6) is 1.92. The minimum absolute atomic E-state index is 0.235. The number of hydrogen-bond acceptors (Lipinski definition) is 7. The number of nitrogens with one attached hydrogen (secondary N) is 1. The van der Waals surface area contributed by atoms with Crippen LogP contribution in [0.3, 0.4) is 0 Å². The summed E-state index contributed by atoms with van der Waals surface area (Å²) in [6.45, 7) is 10.6. The molecule has 0 fully saturated rings. The van der Waals surface area contributed by atoms with Crippen LogP contribution in [0.1, 0.15) is 40.3 Å². The van der Waals surface area contributed by atoms with Gasteiger partial charge in [0.1, 0.15) is 11.6 Å². The molecule has 170 valence electrons. The number of aromatic nitrogens is 4. The Morgan fingerprint density at radius 2 is 1.84 bits per heavy atom. The van der Waals surface area contributed by atoms with E-state index < -0.39 is 11.6 Å². The van der Waals surface area contributed by atoms with Gasteiger partial charge in [0, 0.05) is 42.9 Å². The number of ether oxygens (including phenoxy) is 1. The first kappa shape index (κ1) is 23.2. The predicted octanol–water partition coefficient (Wildman–Crippen LogP) is 3.74. The fraction of sp³-hybridized carbons (Fsp3) is 0.391. The summed E-state index contributed by atoms with van der Waals surface area (Å²) in [5.41, 5.74) is 6.29. The Balaban J connectivity index is 1.93. The van der Waals surface area contributed by atoms with Gasteiger partial charge in [-0.3, -0.25) is 5.32 Å². The Kier molecular flexibility index (Phi) is 6.50. The van der Waals surface area contributed by atoms with E-state index in [2.05, 4.69) is 15.3 Å². The van der Waals surface area contributed by atoms with Crippen LogP contribution in [-0.2, 0) is 5.41 Å². The van der Waals surface area contributed by atoms with Gasteiger partial charge in [-0.15, -0.1) is 0 Å².